The molecule has 2 saturated heterocycles. The van der Waals surface area contributed by atoms with Gasteiger partial charge in [0.15, 0.2) is 0 Å². The molecule has 0 spiro atoms. The Morgan fingerprint density at radius 1 is 1.17 bits per heavy atom. The van der Waals surface area contributed by atoms with Gasteiger partial charge in [0, 0.05) is 25.4 Å². The van der Waals surface area contributed by atoms with Crippen molar-refractivity contribution in [3.05, 3.63) is 24.0 Å². The van der Waals surface area contributed by atoms with Crippen molar-refractivity contribution in [2.75, 3.05) is 30.4 Å². The summed E-state index contributed by atoms with van der Waals surface area (Å²) in [5.41, 5.74) is 0.894. The molecule has 0 unspecified atom stereocenters. The van der Waals surface area contributed by atoms with E-state index in [1.807, 2.05) is 0 Å². The lowest BCUT2D eigenvalue weighted by atomic mass is 10.1. The molecule has 1 amide bonds. The molecule has 6 heteroatoms. The van der Waals surface area contributed by atoms with E-state index in [-0.39, 0.29) is 23.9 Å². The number of ether oxygens (including phenoxy) is 2. The summed E-state index contributed by atoms with van der Waals surface area (Å²) >= 11 is 0. The van der Waals surface area contributed by atoms with E-state index in [9.17, 15) is 9.18 Å². The molecular weight excluding hydrogens is 299 g/mol. The molecule has 23 heavy (non-hydrogen) atoms. The van der Waals surface area contributed by atoms with Gasteiger partial charge >= 0.3 is 0 Å². The van der Waals surface area contributed by atoms with Crippen LogP contribution >= 0.6 is 0 Å². The number of carbonyl (C=O) groups is 1. The van der Waals surface area contributed by atoms with E-state index in [0.29, 0.717) is 24.3 Å². The summed E-state index contributed by atoms with van der Waals surface area (Å²) in [4.78, 5) is 11.9. The van der Waals surface area contributed by atoms with E-state index in [1.54, 1.807) is 12.1 Å². The zero-order chi connectivity index (χ0) is 16.1. The molecular formula is C17H23FN2O3. The van der Waals surface area contributed by atoms with Crippen molar-refractivity contribution in [1.82, 2.24) is 0 Å². The number of hydrogen-bond donors (Lipinski definition) is 2. The fourth-order valence-electron chi connectivity index (χ4n) is 2.99. The molecule has 2 fully saturated rings. The number of carbonyl (C=O) groups excluding carboxylic acids is 1. The summed E-state index contributed by atoms with van der Waals surface area (Å²) < 4.78 is 25.0. The van der Waals surface area contributed by atoms with Crippen LogP contribution in [0.3, 0.4) is 0 Å². The second kappa shape index (κ2) is 7.75. The Bertz CT molecular complexity index is 541. The summed E-state index contributed by atoms with van der Waals surface area (Å²) in [6, 6.07) is 4.69. The Kier molecular flexibility index (Phi) is 5.46. The number of rotatable bonds is 6. The molecule has 0 radical (unpaired) electrons. The number of nitrogens with one attached hydrogen (secondary N) is 2. The summed E-state index contributed by atoms with van der Waals surface area (Å²) in [5, 5.41) is 5.78. The monoisotopic (exact) mass is 322 g/mol. The number of halogens is 1. The highest BCUT2D eigenvalue weighted by atomic mass is 19.1. The van der Waals surface area contributed by atoms with Crippen LogP contribution in [0.25, 0.3) is 0 Å². The summed E-state index contributed by atoms with van der Waals surface area (Å²) in [7, 11) is 0. The summed E-state index contributed by atoms with van der Waals surface area (Å²) in [5.74, 6) is -0.519. The average molecular weight is 322 g/mol. The predicted molar refractivity (Wildman–Crippen MR) is 86.1 cm³/mol. The van der Waals surface area contributed by atoms with Crippen LogP contribution in [0.1, 0.15) is 32.1 Å². The number of amides is 1. The molecule has 2 atom stereocenters. The standard InChI is InChI=1S/C17H23FN2O3/c18-15-9-12(20-17(21)10-13-3-1-7-22-13)5-6-16(15)19-11-14-4-2-8-23-14/h5-6,9,13-14,19H,1-4,7-8,10-11H2,(H,20,21)/t13-,14+/m1/s1. The van der Waals surface area contributed by atoms with Crippen LogP contribution in [0.4, 0.5) is 15.8 Å². The first-order valence-corrected chi connectivity index (χ1v) is 8.27. The molecule has 2 aliphatic rings. The topological polar surface area (TPSA) is 59.6 Å². The number of hydrogen-bond acceptors (Lipinski definition) is 4. The molecule has 1 aromatic carbocycles. The Labute approximate surface area is 135 Å². The highest BCUT2D eigenvalue weighted by Gasteiger charge is 2.19. The predicted octanol–water partition coefficient (Wildman–Crippen LogP) is 2.92. The van der Waals surface area contributed by atoms with Gasteiger partial charge in [0.2, 0.25) is 5.91 Å². The molecule has 2 N–H and O–H groups in total. The van der Waals surface area contributed by atoms with E-state index in [1.165, 1.54) is 6.07 Å². The third-order valence-electron chi connectivity index (χ3n) is 4.23. The number of anilines is 2. The van der Waals surface area contributed by atoms with E-state index in [4.69, 9.17) is 9.47 Å². The zero-order valence-corrected chi connectivity index (χ0v) is 13.1. The molecule has 1 aromatic rings. The van der Waals surface area contributed by atoms with Gasteiger partial charge in [-0.3, -0.25) is 4.79 Å². The average Bonchev–Trinajstić information content (AvgIpc) is 3.19. The van der Waals surface area contributed by atoms with E-state index < -0.39 is 0 Å². The van der Waals surface area contributed by atoms with Gasteiger partial charge in [-0.2, -0.15) is 0 Å². The van der Waals surface area contributed by atoms with E-state index >= 15 is 0 Å². The smallest absolute Gasteiger partial charge is 0.226 e. The van der Waals surface area contributed by atoms with Crippen molar-refractivity contribution in [3.63, 3.8) is 0 Å². The second-order valence-corrected chi connectivity index (χ2v) is 6.10. The Hall–Kier alpha value is -1.66. The maximum Gasteiger partial charge on any atom is 0.226 e. The van der Waals surface area contributed by atoms with Gasteiger partial charge in [0.05, 0.1) is 24.3 Å². The van der Waals surface area contributed by atoms with Gasteiger partial charge in [0.1, 0.15) is 5.82 Å². The van der Waals surface area contributed by atoms with Gasteiger partial charge < -0.3 is 20.1 Å². The highest BCUT2D eigenvalue weighted by Crippen LogP contribution is 2.21. The number of benzene rings is 1. The van der Waals surface area contributed by atoms with Crippen LogP contribution in [0, 0.1) is 5.82 Å². The third kappa shape index (κ3) is 4.65. The Balaban J connectivity index is 1.50. The molecule has 2 heterocycles. The first-order valence-electron chi connectivity index (χ1n) is 8.27. The van der Waals surface area contributed by atoms with Crippen LogP contribution in [0.15, 0.2) is 18.2 Å². The molecule has 2 aliphatic heterocycles. The summed E-state index contributed by atoms with van der Waals surface area (Å²) in [6.45, 7) is 2.10. The maximum atomic E-state index is 14.1. The minimum absolute atomic E-state index is 0.00722. The Morgan fingerprint density at radius 2 is 1.91 bits per heavy atom. The lowest BCUT2D eigenvalue weighted by Crippen LogP contribution is -2.20. The molecule has 0 saturated carbocycles. The largest absolute Gasteiger partial charge is 0.380 e. The quantitative estimate of drug-likeness (QED) is 0.845. The third-order valence-corrected chi connectivity index (χ3v) is 4.23. The molecule has 0 aromatic heterocycles. The SMILES string of the molecule is O=C(C[C@H]1CCCO1)Nc1ccc(NC[C@@H]2CCCO2)c(F)c1. The second-order valence-electron chi connectivity index (χ2n) is 6.10. The van der Waals surface area contributed by atoms with Crippen molar-refractivity contribution in [2.24, 2.45) is 0 Å². The minimum atomic E-state index is -0.377. The van der Waals surface area contributed by atoms with Crippen molar-refractivity contribution < 1.29 is 18.7 Å². The lowest BCUT2D eigenvalue weighted by Gasteiger charge is -2.14. The van der Waals surface area contributed by atoms with Gasteiger partial charge in [-0.15, -0.1) is 0 Å². The highest BCUT2D eigenvalue weighted by molar-refractivity contribution is 5.91. The van der Waals surface area contributed by atoms with Crippen molar-refractivity contribution >= 4 is 17.3 Å². The van der Waals surface area contributed by atoms with Crippen LogP contribution < -0.4 is 10.6 Å². The van der Waals surface area contributed by atoms with Gasteiger partial charge in [-0.05, 0) is 43.9 Å². The van der Waals surface area contributed by atoms with Crippen LogP contribution in [-0.4, -0.2) is 37.9 Å². The van der Waals surface area contributed by atoms with E-state index in [2.05, 4.69) is 10.6 Å². The van der Waals surface area contributed by atoms with Gasteiger partial charge in [0.25, 0.3) is 0 Å². The van der Waals surface area contributed by atoms with Crippen LogP contribution in [-0.2, 0) is 14.3 Å². The molecule has 3 rings (SSSR count). The lowest BCUT2D eigenvalue weighted by molar-refractivity contribution is -0.118. The van der Waals surface area contributed by atoms with Crippen molar-refractivity contribution in [2.45, 2.75) is 44.3 Å². The normalized spacial score (nSPS) is 23.9. The molecule has 0 bridgehead atoms. The molecule has 126 valence electrons. The molecule has 5 nitrogen and oxygen atoms in total. The first-order chi connectivity index (χ1) is 11.2. The van der Waals surface area contributed by atoms with Gasteiger partial charge in [-0.25, -0.2) is 4.39 Å². The maximum absolute atomic E-state index is 14.1. The van der Waals surface area contributed by atoms with Crippen molar-refractivity contribution in [1.29, 1.82) is 0 Å². The summed E-state index contributed by atoms with van der Waals surface area (Å²) in [6.07, 6.45) is 4.44. The fourth-order valence-corrected chi connectivity index (χ4v) is 2.99. The molecule has 0 aliphatic carbocycles. The zero-order valence-electron chi connectivity index (χ0n) is 13.1. The van der Waals surface area contributed by atoms with Crippen LogP contribution in [0.2, 0.25) is 0 Å². The van der Waals surface area contributed by atoms with Crippen molar-refractivity contribution in [3.8, 4) is 0 Å². The Morgan fingerprint density at radius 3 is 2.57 bits per heavy atom. The van der Waals surface area contributed by atoms with E-state index in [0.717, 1.165) is 38.9 Å². The van der Waals surface area contributed by atoms with Gasteiger partial charge in [-0.1, -0.05) is 0 Å². The fraction of sp³-hybridized carbons (Fsp3) is 0.588. The minimum Gasteiger partial charge on any atom is -0.380 e. The first kappa shape index (κ1) is 16.2. The van der Waals surface area contributed by atoms with Crippen LogP contribution in [0.5, 0.6) is 0 Å².